The number of aryl methyl sites for hydroxylation is 1. The summed E-state index contributed by atoms with van der Waals surface area (Å²) >= 11 is 0.367. The first-order valence-corrected chi connectivity index (χ1v) is 9.59. The largest absolute Gasteiger partial charge is 0.598 e. The second-order valence-corrected chi connectivity index (χ2v) is 9.46. The zero-order valence-corrected chi connectivity index (χ0v) is 15.8. The van der Waals surface area contributed by atoms with E-state index < -0.39 is 17.5 Å². The average Bonchev–Trinajstić information content (AvgIpc) is 2.89. The minimum atomic E-state index is -1.24. The summed E-state index contributed by atoms with van der Waals surface area (Å²) < 4.78 is 15.0. The number of nitrogens with one attached hydrogen (secondary N) is 1. The van der Waals surface area contributed by atoms with Gasteiger partial charge in [0.15, 0.2) is 0 Å². The lowest BCUT2D eigenvalue weighted by Crippen LogP contribution is -2.44. The molecule has 2 N–H and O–H groups in total. The van der Waals surface area contributed by atoms with Crippen molar-refractivity contribution in [2.45, 2.75) is 51.5 Å². The number of hydrogen-bond acceptors (Lipinski definition) is 5. The molecule has 1 aromatic carbocycles. The Kier molecular flexibility index (Phi) is 5.86. The van der Waals surface area contributed by atoms with Crippen LogP contribution >= 0.6 is 11.3 Å². The lowest BCUT2D eigenvalue weighted by Gasteiger charge is -2.29. The van der Waals surface area contributed by atoms with E-state index in [1.807, 2.05) is 57.5 Å². The smallest absolute Gasteiger partial charge is 0.136 e. The van der Waals surface area contributed by atoms with Gasteiger partial charge in [-0.3, -0.25) is 0 Å². The molecule has 0 aliphatic rings. The summed E-state index contributed by atoms with van der Waals surface area (Å²) in [7, 11) is 0. The van der Waals surface area contributed by atoms with Gasteiger partial charge in [0.2, 0.25) is 0 Å². The Morgan fingerprint density at radius 3 is 2.30 bits per heavy atom. The van der Waals surface area contributed by atoms with Crippen molar-refractivity contribution in [3.63, 3.8) is 0 Å². The Bertz CT molecular complexity index is 633. The Hall–Kier alpha value is -0.920. The maximum Gasteiger partial charge on any atom is 0.136 e. The first kappa shape index (κ1) is 18.4. The zero-order valence-electron chi connectivity index (χ0n) is 14.2. The molecule has 0 aliphatic carbocycles. The number of nitrogens with zero attached hydrogens (tertiary/aromatic N) is 1. The highest BCUT2D eigenvalue weighted by molar-refractivity contribution is 7.90. The van der Waals surface area contributed by atoms with Gasteiger partial charge in [-0.15, -0.1) is 16.1 Å². The monoisotopic (exact) mass is 352 g/mol. The van der Waals surface area contributed by atoms with Crippen LogP contribution in [0.4, 0.5) is 0 Å². The van der Waals surface area contributed by atoms with Crippen molar-refractivity contribution in [3.8, 4) is 10.4 Å². The molecule has 0 aliphatic heterocycles. The highest BCUT2D eigenvalue weighted by Crippen LogP contribution is 2.29. The molecule has 1 unspecified atom stereocenters. The van der Waals surface area contributed by atoms with Crippen LogP contribution in [0.1, 0.15) is 45.0 Å². The number of aliphatic hydroxyl groups is 1. The number of benzene rings is 1. The maximum absolute atomic E-state index is 12.3. The molecule has 0 spiro atoms. The normalized spacial score (nSPS) is 16.1. The van der Waals surface area contributed by atoms with Gasteiger partial charge in [0.25, 0.3) is 0 Å². The zero-order chi connectivity index (χ0) is 17.2. The predicted octanol–water partition coefficient (Wildman–Crippen LogP) is 3.59. The highest BCUT2D eigenvalue weighted by Gasteiger charge is 2.31. The molecule has 4 nitrogen and oxygen atoms in total. The fourth-order valence-corrected chi connectivity index (χ4v) is 3.89. The van der Waals surface area contributed by atoms with Gasteiger partial charge in [-0.2, -0.15) is 0 Å². The second kappa shape index (κ2) is 7.32. The summed E-state index contributed by atoms with van der Waals surface area (Å²) in [5.74, 6) is 0. The molecule has 2 rings (SSSR count). The van der Waals surface area contributed by atoms with Crippen LogP contribution in [0.2, 0.25) is 0 Å². The first-order chi connectivity index (χ1) is 10.7. The fraction of sp³-hybridized carbons (Fsp3) is 0.471. The van der Waals surface area contributed by atoms with E-state index in [1.165, 1.54) is 0 Å². The van der Waals surface area contributed by atoms with E-state index in [9.17, 15) is 9.66 Å². The maximum atomic E-state index is 12.3. The molecule has 0 fully saturated rings. The van der Waals surface area contributed by atoms with Crippen molar-refractivity contribution in [1.29, 1.82) is 0 Å². The van der Waals surface area contributed by atoms with E-state index in [2.05, 4.69) is 9.71 Å². The second-order valence-electron chi connectivity index (χ2n) is 6.61. The third-order valence-electron chi connectivity index (χ3n) is 3.55. The number of thiazole rings is 1. The number of rotatable bonds is 5. The van der Waals surface area contributed by atoms with Gasteiger partial charge < -0.3 is 9.66 Å². The van der Waals surface area contributed by atoms with Crippen LogP contribution in [0.15, 0.2) is 29.8 Å². The minimum Gasteiger partial charge on any atom is -0.598 e. The van der Waals surface area contributed by atoms with Crippen molar-refractivity contribution < 1.29 is 9.66 Å². The van der Waals surface area contributed by atoms with Crippen LogP contribution in [0.25, 0.3) is 10.4 Å². The molecular formula is C17H24N2O2S2. The van der Waals surface area contributed by atoms with Gasteiger partial charge in [-0.05, 0) is 45.7 Å². The van der Waals surface area contributed by atoms with Gasteiger partial charge in [-0.25, -0.2) is 4.98 Å². The molecule has 23 heavy (non-hydrogen) atoms. The molecule has 126 valence electrons. The van der Waals surface area contributed by atoms with E-state index in [4.69, 9.17) is 0 Å². The molecule has 0 saturated heterocycles. The average molecular weight is 353 g/mol. The minimum absolute atomic E-state index is 0.369. The number of aliphatic hydroxyl groups excluding tert-OH is 1. The van der Waals surface area contributed by atoms with Gasteiger partial charge in [0.1, 0.15) is 10.8 Å². The van der Waals surface area contributed by atoms with Gasteiger partial charge >= 0.3 is 0 Å². The summed E-state index contributed by atoms with van der Waals surface area (Å²) in [6.45, 7) is 9.42. The Morgan fingerprint density at radius 1 is 1.26 bits per heavy atom. The Labute approximate surface area is 145 Å². The number of aromatic nitrogens is 1. The molecule has 0 amide bonds. The first-order valence-electron chi connectivity index (χ1n) is 7.56. The van der Waals surface area contributed by atoms with E-state index in [0.29, 0.717) is 0 Å². The molecule has 6 heteroatoms. The third-order valence-corrected chi connectivity index (χ3v) is 6.11. The molecule has 3 atom stereocenters. The van der Waals surface area contributed by atoms with Gasteiger partial charge in [-0.1, -0.05) is 24.3 Å². The van der Waals surface area contributed by atoms with Crippen molar-refractivity contribution in [3.05, 3.63) is 41.0 Å². The van der Waals surface area contributed by atoms with Crippen LogP contribution < -0.4 is 4.72 Å². The van der Waals surface area contributed by atoms with Crippen LogP contribution in [-0.2, 0) is 11.4 Å². The van der Waals surface area contributed by atoms with Crippen LogP contribution in [0.5, 0.6) is 0 Å². The molecule has 1 heterocycles. The fourth-order valence-electron chi connectivity index (χ4n) is 2.16. The van der Waals surface area contributed by atoms with Crippen LogP contribution in [0.3, 0.4) is 0 Å². The molecule has 0 saturated carbocycles. The van der Waals surface area contributed by atoms with E-state index >= 15 is 0 Å². The summed E-state index contributed by atoms with van der Waals surface area (Å²) in [4.78, 5) is 5.42. The van der Waals surface area contributed by atoms with Crippen molar-refractivity contribution in [1.82, 2.24) is 9.71 Å². The molecule has 1 aromatic heterocycles. The Morgan fingerprint density at radius 2 is 1.87 bits per heavy atom. The van der Waals surface area contributed by atoms with Crippen molar-refractivity contribution >= 4 is 22.7 Å². The van der Waals surface area contributed by atoms with Crippen LogP contribution in [-0.4, -0.2) is 25.5 Å². The molecule has 0 bridgehead atoms. The molecular weight excluding hydrogens is 328 g/mol. The van der Waals surface area contributed by atoms with E-state index in [-0.39, 0.29) is 10.8 Å². The topological polar surface area (TPSA) is 68.2 Å². The van der Waals surface area contributed by atoms with Crippen molar-refractivity contribution in [2.75, 3.05) is 0 Å². The highest BCUT2D eigenvalue weighted by atomic mass is 32.2. The summed E-state index contributed by atoms with van der Waals surface area (Å²) in [5.41, 5.74) is 4.88. The predicted molar refractivity (Wildman–Crippen MR) is 97.7 cm³/mol. The SMILES string of the molecule is Cc1ncsc1-c1ccc([C@@H](N[S+]([O-])C(C)(C)C)[C@H](C)O)cc1. The molecule has 2 aromatic rings. The lowest BCUT2D eigenvalue weighted by molar-refractivity contribution is 0.156. The quantitative estimate of drug-likeness (QED) is 0.807. The molecule has 0 radical (unpaired) electrons. The van der Waals surface area contributed by atoms with E-state index in [0.717, 1.165) is 21.7 Å². The summed E-state index contributed by atoms with van der Waals surface area (Å²) in [6.07, 6.45) is -0.641. The Balaban J connectivity index is 2.22. The summed E-state index contributed by atoms with van der Waals surface area (Å²) in [5, 5.41) is 10.1. The van der Waals surface area contributed by atoms with Crippen LogP contribution in [0, 0.1) is 6.92 Å². The third kappa shape index (κ3) is 4.55. The van der Waals surface area contributed by atoms with Gasteiger partial charge in [0, 0.05) is 11.4 Å². The lowest BCUT2D eigenvalue weighted by atomic mass is 10.0. The summed E-state index contributed by atoms with van der Waals surface area (Å²) in [6, 6.07) is 7.61. The van der Waals surface area contributed by atoms with Crippen molar-refractivity contribution in [2.24, 2.45) is 0 Å². The van der Waals surface area contributed by atoms with Gasteiger partial charge in [0.05, 0.1) is 22.2 Å². The standard InChI is InChI=1S/C17H24N2O2S2/c1-11-16(22-10-18-11)14-8-6-13(7-9-14)15(12(2)20)19-23(21)17(3,4)5/h6-10,12,15,19-20H,1-5H3/t12-,15-,23?/m0/s1. The number of hydrogen-bond donors (Lipinski definition) is 2. The van der Waals surface area contributed by atoms with E-state index in [1.54, 1.807) is 18.3 Å².